The van der Waals surface area contributed by atoms with Gasteiger partial charge in [-0.25, -0.2) is 0 Å². The molecule has 1 aliphatic carbocycles. The number of hydrogen-bond donors (Lipinski definition) is 1. The highest BCUT2D eigenvalue weighted by molar-refractivity contribution is 5.94. The van der Waals surface area contributed by atoms with Gasteiger partial charge < -0.3 is 10.6 Å². The number of hydrogen-bond acceptors (Lipinski definition) is 2. The number of rotatable bonds is 1. The van der Waals surface area contributed by atoms with Crippen LogP contribution < -0.4 is 5.73 Å². The first kappa shape index (κ1) is 12.0. The minimum absolute atomic E-state index is 0.0108. The van der Waals surface area contributed by atoms with Crippen LogP contribution in [0.15, 0.2) is 23.4 Å². The van der Waals surface area contributed by atoms with Crippen molar-refractivity contribution in [2.75, 3.05) is 7.05 Å². The third-order valence-electron chi connectivity index (χ3n) is 3.62. The molecule has 1 amide bonds. The molecule has 0 radical (unpaired) electrons. The number of alkyl halides is 3. The van der Waals surface area contributed by atoms with Gasteiger partial charge in [-0.2, -0.15) is 13.2 Å². The fraction of sp³-hybridized carbons (Fsp3) is 0.545. The summed E-state index contributed by atoms with van der Waals surface area (Å²) < 4.78 is 38.3. The monoisotopic (exact) mass is 246 g/mol. The highest BCUT2D eigenvalue weighted by Gasteiger charge is 2.49. The highest BCUT2D eigenvalue weighted by atomic mass is 19.4. The fourth-order valence-electron chi connectivity index (χ4n) is 2.78. The number of likely N-dealkylation sites (tertiary alicyclic amines) is 1. The van der Waals surface area contributed by atoms with E-state index in [-0.39, 0.29) is 24.0 Å². The molecule has 2 aliphatic rings. The van der Waals surface area contributed by atoms with E-state index in [0.717, 1.165) is 5.70 Å². The van der Waals surface area contributed by atoms with Gasteiger partial charge in [0.05, 0.1) is 6.04 Å². The summed E-state index contributed by atoms with van der Waals surface area (Å²) in [6.07, 6.45) is -3.84. The van der Waals surface area contributed by atoms with Crippen LogP contribution in [0.3, 0.4) is 0 Å². The normalized spacial score (nSPS) is 31.1. The predicted molar refractivity (Wildman–Crippen MR) is 55.7 cm³/mol. The average molecular weight is 246 g/mol. The summed E-state index contributed by atoms with van der Waals surface area (Å²) in [7, 11) is 1.70. The van der Waals surface area contributed by atoms with Crippen LogP contribution in [0.4, 0.5) is 13.2 Å². The molecule has 2 unspecified atom stereocenters. The molecule has 1 saturated heterocycles. The molecule has 0 aromatic carbocycles. The Hall–Kier alpha value is -1.46. The number of fused-ring (bicyclic) bond motifs is 2. The maximum absolute atomic E-state index is 12.8. The Morgan fingerprint density at radius 2 is 2.12 bits per heavy atom. The van der Waals surface area contributed by atoms with Crippen molar-refractivity contribution in [3.63, 3.8) is 0 Å². The number of halogens is 3. The van der Waals surface area contributed by atoms with E-state index >= 15 is 0 Å². The van der Waals surface area contributed by atoms with E-state index in [2.05, 4.69) is 6.58 Å². The Morgan fingerprint density at radius 1 is 1.53 bits per heavy atom. The fourth-order valence-corrected chi connectivity index (χ4v) is 2.78. The van der Waals surface area contributed by atoms with Crippen LogP contribution in [0.25, 0.3) is 0 Å². The summed E-state index contributed by atoms with van der Waals surface area (Å²) in [6, 6.07) is -0.378. The van der Waals surface area contributed by atoms with Gasteiger partial charge in [0.2, 0.25) is 0 Å². The maximum atomic E-state index is 12.8. The SMILES string of the molecule is C=C1C2C/C(=C(\C(N)=O)C(F)(F)F)C(C2)N1C. The number of likely N-dealkylation sites (N-methyl/N-ethyl adjacent to an activating group) is 1. The Kier molecular flexibility index (Phi) is 2.48. The minimum Gasteiger partial charge on any atom is -0.371 e. The van der Waals surface area contributed by atoms with Gasteiger partial charge in [-0.15, -0.1) is 0 Å². The second-order valence-electron chi connectivity index (χ2n) is 4.52. The second-order valence-corrected chi connectivity index (χ2v) is 4.52. The molecule has 94 valence electrons. The molecule has 2 atom stereocenters. The number of carbonyl (C=O) groups is 1. The first-order chi connectivity index (χ1) is 7.73. The summed E-state index contributed by atoms with van der Waals surface area (Å²) in [5.41, 5.74) is 4.63. The van der Waals surface area contributed by atoms with Crippen molar-refractivity contribution in [2.24, 2.45) is 11.7 Å². The Morgan fingerprint density at radius 3 is 2.47 bits per heavy atom. The molecule has 6 heteroatoms. The van der Waals surface area contributed by atoms with Gasteiger partial charge in [-0.05, 0) is 18.4 Å². The van der Waals surface area contributed by atoms with E-state index in [4.69, 9.17) is 5.73 Å². The second kappa shape index (κ2) is 3.51. The standard InChI is InChI=1S/C11H13F3N2O/c1-5-6-3-7(8(4-6)16(5)2)9(10(15)17)11(12,13)14/h6,8H,1,3-4H2,2H3,(H2,15,17)/b9-7-. The van der Waals surface area contributed by atoms with Gasteiger partial charge >= 0.3 is 6.18 Å². The molecule has 1 aliphatic heterocycles. The summed E-state index contributed by atoms with van der Waals surface area (Å²) in [5.74, 6) is -1.38. The van der Waals surface area contributed by atoms with Gasteiger partial charge in [0.25, 0.3) is 5.91 Å². The van der Waals surface area contributed by atoms with Crippen LogP contribution in [0.2, 0.25) is 0 Å². The zero-order chi connectivity index (χ0) is 13.0. The quantitative estimate of drug-likeness (QED) is 0.714. The topological polar surface area (TPSA) is 46.3 Å². The van der Waals surface area contributed by atoms with Crippen LogP contribution in [-0.4, -0.2) is 30.1 Å². The molecule has 2 fully saturated rings. The Bertz CT molecular complexity index is 421. The number of nitrogens with two attached hydrogens (primary N) is 1. The van der Waals surface area contributed by atoms with Gasteiger partial charge in [-0.3, -0.25) is 4.79 Å². The Labute approximate surface area is 96.8 Å². The first-order valence-corrected chi connectivity index (χ1v) is 5.25. The van der Waals surface area contributed by atoms with E-state index < -0.39 is 17.7 Å². The van der Waals surface area contributed by atoms with Crippen molar-refractivity contribution in [1.29, 1.82) is 0 Å². The van der Waals surface area contributed by atoms with Gasteiger partial charge in [0, 0.05) is 18.7 Å². The molecule has 0 aromatic heterocycles. The third-order valence-corrected chi connectivity index (χ3v) is 3.62. The van der Waals surface area contributed by atoms with E-state index in [1.54, 1.807) is 11.9 Å². The molecule has 1 heterocycles. The van der Waals surface area contributed by atoms with Gasteiger partial charge in [0.1, 0.15) is 5.57 Å². The van der Waals surface area contributed by atoms with Gasteiger partial charge in [0.15, 0.2) is 0 Å². The zero-order valence-electron chi connectivity index (χ0n) is 9.34. The van der Waals surface area contributed by atoms with Crippen LogP contribution in [0.1, 0.15) is 12.8 Å². The van der Waals surface area contributed by atoms with Crippen molar-refractivity contribution < 1.29 is 18.0 Å². The summed E-state index contributed by atoms with van der Waals surface area (Å²) in [6.45, 7) is 3.82. The van der Waals surface area contributed by atoms with Crippen LogP contribution in [0, 0.1) is 5.92 Å². The highest BCUT2D eigenvalue weighted by Crippen LogP contribution is 2.49. The van der Waals surface area contributed by atoms with Crippen LogP contribution >= 0.6 is 0 Å². The number of carbonyl (C=O) groups excluding carboxylic acids is 1. The summed E-state index contributed by atoms with van der Waals surface area (Å²) in [5, 5.41) is 0. The number of primary amides is 1. The third kappa shape index (κ3) is 1.71. The Balaban J connectivity index is 2.46. The lowest BCUT2D eigenvalue weighted by Gasteiger charge is -2.30. The first-order valence-electron chi connectivity index (χ1n) is 5.25. The number of nitrogens with zero attached hydrogens (tertiary/aromatic N) is 1. The molecular weight excluding hydrogens is 233 g/mol. The van der Waals surface area contributed by atoms with Crippen molar-refractivity contribution in [3.05, 3.63) is 23.4 Å². The molecular formula is C11H13F3N2O. The largest absolute Gasteiger partial charge is 0.421 e. The summed E-state index contributed by atoms with van der Waals surface area (Å²) in [4.78, 5) is 12.7. The maximum Gasteiger partial charge on any atom is 0.421 e. The molecule has 17 heavy (non-hydrogen) atoms. The molecule has 2 rings (SSSR count). The molecule has 0 spiro atoms. The van der Waals surface area contributed by atoms with Crippen molar-refractivity contribution in [3.8, 4) is 0 Å². The zero-order valence-corrected chi connectivity index (χ0v) is 9.34. The molecule has 2 bridgehead atoms. The van der Waals surface area contributed by atoms with E-state index in [9.17, 15) is 18.0 Å². The minimum atomic E-state index is -4.67. The lowest BCUT2D eigenvalue weighted by atomic mass is 9.97. The van der Waals surface area contributed by atoms with E-state index in [1.807, 2.05) is 0 Å². The predicted octanol–water partition coefficient (Wildman–Crippen LogP) is 1.57. The van der Waals surface area contributed by atoms with Crippen molar-refractivity contribution >= 4 is 5.91 Å². The van der Waals surface area contributed by atoms with Crippen LogP contribution in [0.5, 0.6) is 0 Å². The van der Waals surface area contributed by atoms with Crippen molar-refractivity contribution in [2.45, 2.75) is 25.1 Å². The van der Waals surface area contributed by atoms with Crippen LogP contribution in [-0.2, 0) is 4.79 Å². The molecule has 3 nitrogen and oxygen atoms in total. The molecule has 1 saturated carbocycles. The average Bonchev–Trinajstić information content (AvgIpc) is 2.65. The number of piperidine rings is 1. The van der Waals surface area contributed by atoms with Gasteiger partial charge in [-0.1, -0.05) is 6.58 Å². The van der Waals surface area contributed by atoms with E-state index in [1.165, 1.54) is 0 Å². The molecule has 0 aromatic rings. The number of allylic oxidation sites excluding steroid dienone is 1. The van der Waals surface area contributed by atoms with E-state index in [0.29, 0.717) is 6.42 Å². The lowest BCUT2D eigenvalue weighted by Crippen LogP contribution is -2.35. The number of amides is 1. The smallest absolute Gasteiger partial charge is 0.371 e. The summed E-state index contributed by atoms with van der Waals surface area (Å²) >= 11 is 0. The van der Waals surface area contributed by atoms with Crippen molar-refractivity contribution in [1.82, 2.24) is 4.90 Å². The molecule has 2 N–H and O–H groups in total. The lowest BCUT2D eigenvalue weighted by molar-refractivity contribution is -0.128.